The standard InChI is InChI=1S/C11H12BrFO3/c1-15-11-9(14)5-10(11)16-8-3-6(12)2-7(13)4-8/h2-4,9-11,14H,5H2,1H3. The number of halogens is 2. The maximum absolute atomic E-state index is 13.1. The van der Waals surface area contributed by atoms with Crippen LogP contribution in [0.1, 0.15) is 6.42 Å². The predicted octanol–water partition coefficient (Wildman–Crippen LogP) is 2.12. The fourth-order valence-corrected chi connectivity index (χ4v) is 2.20. The van der Waals surface area contributed by atoms with Gasteiger partial charge in [0.1, 0.15) is 23.8 Å². The molecule has 0 radical (unpaired) electrons. The first-order valence-corrected chi connectivity index (χ1v) is 5.73. The molecule has 1 aromatic rings. The van der Waals surface area contributed by atoms with E-state index in [2.05, 4.69) is 15.9 Å². The van der Waals surface area contributed by atoms with Crippen molar-refractivity contribution in [1.82, 2.24) is 0 Å². The summed E-state index contributed by atoms with van der Waals surface area (Å²) in [7, 11) is 1.52. The first-order valence-electron chi connectivity index (χ1n) is 4.94. The van der Waals surface area contributed by atoms with Crippen LogP contribution < -0.4 is 4.74 Å². The van der Waals surface area contributed by atoms with E-state index in [1.807, 2.05) is 0 Å². The minimum absolute atomic E-state index is 0.214. The van der Waals surface area contributed by atoms with Gasteiger partial charge in [0.2, 0.25) is 0 Å². The van der Waals surface area contributed by atoms with Crippen molar-refractivity contribution >= 4 is 15.9 Å². The molecule has 16 heavy (non-hydrogen) atoms. The summed E-state index contributed by atoms with van der Waals surface area (Å²) >= 11 is 3.19. The highest BCUT2D eigenvalue weighted by atomic mass is 79.9. The summed E-state index contributed by atoms with van der Waals surface area (Å²) in [5, 5.41) is 9.38. The third-order valence-electron chi connectivity index (χ3n) is 2.62. The van der Waals surface area contributed by atoms with Gasteiger partial charge in [-0.25, -0.2) is 4.39 Å². The lowest BCUT2D eigenvalue weighted by atomic mass is 9.88. The Hall–Kier alpha value is -0.650. The number of aliphatic hydroxyl groups excluding tert-OH is 1. The first kappa shape index (κ1) is 11.8. The molecule has 0 bridgehead atoms. The van der Waals surface area contributed by atoms with E-state index in [1.54, 1.807) is 6.07 Å². The molecule has 3 nitrogen and oxygen atoms in total. The Morgan fingerprint density at radius 3 is 2.75 bits per heavy atom. The van der Waals surface area contributed by atoms with Gasteiger partial charge in [0, 0.05) is 24.1 Å². The van der Waals surface area contributed by atoms with Crippen LogP contribution in [0.5, 0.6) is 5.75 Å². The Morgan fingerprint density at radius 1 is 1.44 bits per heavy atom. The topological polar surface area (TPSA) is 38.7 Å². The van der Waals surface area contributed by atoms with Crippen molar-refractivity contribution in [3.05, 3.63) is 28.5 Å². The average molecular weight is 291 g/mol. The summed E-state index contributed by atoms with van der Waals surface area (Å²) in [4.78, 5) is 0. The second kappa shape index (κ2) is 4.69. The molecule has 0 amide bonds. The minimum atomic E-state index is -0.494. The highest BCUT2D eigenvalue weighted by molar-refractivity contribution is 9.10. The van der Waals surface area contributed by atoms with Gasteiger partial charge in [-0.2, -0.15) is 0 Å². The lowest BCUT2D eigenvalue weighted by Crippen LogP contribution is -2.54. The molecule has 1 saturated carbocycles. The van der Waals surface area contributed by atoms with Gasteiger partial charge in [0.05, 0.1) is 6.10 Å². The number of hydrogen-bond acceptors (Lipinski definition) is 3. The van der Waals surface area contributed by atoms with E-state index >= 15 is 0 Å². The Bertz CT molecular complexity index is 365. The number of benzene rings is 1. The Morgan fingerprint density at radius 2 is 2.19 bits per heavy atom. The van der Waals surface area contributed by atoms with Crippen LogP contribution in [0.2, 0.25) is 0 Å². The van der Waals surface area contributed by atoms with Crippen molar-refractivity contribution in [2.45, 2.75) is 24.7 Å². The van der Waals surface area contributed by atoms with Crippen molar-refractivity contribution < 1.29 is 19.0 Å². The summed E-state index contributed by atoms with van der Waals surface area (Å²) in [6.07, 6.45) is -0.533. The third kappa shape index (κ3) is 2.36. The van der Waals surface area contributed by atoms with Crippen LogP contribution in [0.25, 0.3) is 0 Å². The highest BCUT2D eigenvalue weighted by Gasteiger charge is 2.42. The second-order valence-electron chi connectivity index (χ2n) is 3.76. The fraction of sp³-hybridized carbons (Fsp3) is 0.455. The van der Waals surface area contributed by atoms with Crippen molar-refractivity contribution in [2.75, 3.05) is 7.11 Å². The highest BCUT2D eigenvalue weighted by Crippen LogP contribution is 2.30. The normalized spacial score (nSPS) is 28.6. The van der Waals surface area contributed by atoms with Gasteiger partial charge in [0.25, 0.3) is 0 Å². The maximum Gasteiger partial charge on any atom is 0.130 e. The SMILES string of the molecule is COC1C(O)CC1Oc1cc(F)cc(Br)c1. The van der Waals surface area contributed by atoms with Gasteiger partial charge >= 0.3 is 0 Å². The molecule has 0 aliphatic heterocycles. The van der Waals surface area contributed by atoms with Gasteiger partial charge < -0.3 is 14.6 Å². The molecule has 0 saturated heterocycles. The Balaban J connectivity index is 2.04. The molecule has 1 aliphatic rings. The lowest BCUT2D eigenvalue weighted by Gasteiger charge is -2.39. The third-order valence-corrected chi connectivity index (χ3v) is 3.07. The van der Waals surface area contributed by atoms with Gasteiger partial charge in [-0.1, -0.05) is 15.9 Å². The van der Waals surface area contributed by atoms with E-state index in [1.165, 1.54) is 19.2 Å². The van der Waals surface area contributed by atoms with Crippen LogP contribution in [0, 0.1) is 5.82 Å². The number of rotatable bonds is 3. The van der Waals surface area contributed by atoms with Crippen LogP contribution in [0.3, 0.4) is 0 Å². The van der Waals surface area contributed by atoms with E-state index < -0.39 is 6.10 Å². The van der Waals surface area contributed by atoms with Crippen LogP contribution in [0.4, 0.5) is 4.39 Å². The molecular weight excluding hydrogens is 279 g/mol. The molecule has 2 rings (SSSR count). The molecule has 0 heterocycles. The van der Waals surface area contributed by atoms with Crippen LogP contribution in [0.15, 0.2) is 22.7 Å². The summed E-state index contributed by atoms with van der Waals surface area (Å²) in [6.45, 7) is 0. The number of methoxy groups -OCH3 is 1. The molecule has 88 valence electrons. The second-order valence-corrected chi connectivity index (χ2v) is 4.68. The van der Waals surface area contributed by atoms with E-state index in [0.717, 1.165) is 0 Å². The van der Waals surface area contributed by atoms with E-state index in [9.17, 15) is 9.50 Å². The summed E-state index contributed by atoms with van der Waals surface area (Å²) < 4.78 is 24.3. The maximum atomic E-state index is 13.1. The van der Waals surface area contributed by atoms with Gasteiger partial charge in [-0.05, 0) is 12.1 Å². The lowest BCUT2D eigenvalue weighted by molar-refractivity contribution is -0.149. The van der Waals surface area contributed by atoms with Gasteiger partial charge in [-0.15, -0.1) is 0 Å². The minimum Gasteiger partial charge on any atom is -0.487 e. The molecule has 1 fully saturated rings. The molecule has 1 N–H and O–H groups in total. The van der Waals surface area contributed by atoms with Crippen molar-refractivity contribution in [2.24, 2.45) is 0 Å². The largest absolute Gasteiger partial charge is 0.487 e. The molecule has 5 heteroatoms. The summed E-state index contributed by atoms with van der Waals surface area (Å²) in [5.74, 6) is 0.0732. The zero-order valence-corrected chi connectivity index (χ0v) is 10.3. The molecule has 3 atom stereocenters. The van der Waals surface area contributed by atoms with Crippen LogP contribution in [-0.2, 0) is 4.74 Å². The zero-order valence-electron chi connectivity index (χ0n) is 8.69. The summed E-state index contributed by atoms with van der Waals surface area (Å²) in [6, 6.07) is 4.35. The average Bonchev–Trinajstić information content (AvgIpc) is 2.15. The quantitative estimate of drug-likeness (QED) is 0.927. The van der Waals surface area contributed by atoms with Crippen LogP contribution >= 0.6 is 15.9 Å². The number of aliphatic hydroxyl groups is 1. The van der Waals surface area contributed by atoms with Crippen molar-refractivity contribution in [1.29, 1.82) is 0 Å². The monoisotopic (exact) mass is 290 g/mol. The molecule has 1 aromatic carbocycles. The van der Waals surface area contributed by atoms with E-state index in [4.69, 9.17) is 9.47 Å². The molecule has 0 aromatic heterocycles. The Kier molecular flexibility index (Phi) is 3.47. The first-order chi connectivity index (χ1) is 7.60. The van der Waals surface area contributed by atoms with Crippen LogP contribution in [-0.4, -0.2) is 30.5 Å². The molecule has 0 spiro atoms. The van der Waals surface area contributed by atoms with Crippen molar-refractivity contribution in [3.63, 3.8) is 0 Å². The number of hydrogen-bond donors (Lipinski definition) is 1. The Labute approximate surface area is 101 Å². The predicted molar refractivity (Wildman–Crippen MR) is 59.9 cm³/mol. The van der Waals surface area contributed by atoms with Gasteiger partial charge in [0.15, 0.2) is 0 Å². The zero-order chi connectivity index (χ0) is 11.7. The smallest absolute Gasteiger partial charge is 0.130 e. The summed E-state index contributed by atoms with van der Waals surface area (Å²) in [5.41, 5.74) is 0. The van der Waals surface area contributed by atoms with Crippen molar-refractivity contribution in [3.8, 4) is 5.75 Å². The number of ether oxygens (including phenoxy) is 2. The molecule has 1 aliphatic carbocycles. The van der Waals surface area contributed by atoms with E-state index in [-0.39, 0.29) is 18.0 Å². The van der Waals surface area contributed by atoms with E-state index in [0.29, 0.717) is 16.6 Å². The molecule has 3 unspecified atom stereocenters. The fourth-order valence-electron chi connectivity index (χ4n) is 1.75. The van der Waals surface area contributed by atoms with Gasteiger partial charge in [-0.3, -0.25) is 0 Å². The molecular formula is C11H12BrFO3.